The normalized spacial score (nSPS) is 16.2. The zero-order valence-corrected chi connectivity index (χ0v) is 15.0. The Morgan fingerprint density at radius 3 is 2.67 bits per heavy atom. The van der Waals surface area contributed by atoms with Crippen molar-refractivity contribution in [3.8, 4) is 0 Å². The van der Waals surface area contributed by atoms with Crippen LogP contribution in [-0.2, 0) is 11.3 Å². The van der Waals surface area contributed by atoms with Crippen LogP contribution < -0.4 is 16.4 Å². The van der Waals surface area contributed by atoms with Crippen LogP contribution in [-0.4, -0.2) is 29.9 Å². The summed E-state index contributed by atoms with van der Waals surface area (Å²) in [5.41, 5.74) is 7.98. The van der Waals surface area contributed by atoms with Crippen molar-refractivity contribution in [2.24, 2.45) is 0 Å². The molecule has 3 rings (SSSR count). The third-order valence-electron chi connectivity index (χ3n) is 4.64. The van der Waals surface area contributed by atoms with Gasteiger partial charge in [0.15, 0.2) is 0 Å². The van der Waals surface area contributed by atoms with Crippen molar-refractivity contribution in [3.05, 3.63) is 65.5 Å². The lowest BCUT2D eigenvalue weighted by molar-refractivity contribution is -0.131. The van der Waals surface area contributed by atoms with Gasteiger partial charge in [-0.3, -0.25) is 4.79 Å². The van der Waals surface area contributed by atoms with Crippen molar-refractivity contribution in [2.45, 2.75) is 25.4 Å². The van der Waals surface area contributed by atoms with Crippen LogP contribution in [0.25, 0.3) is 0 Å². The second-order valence-electron chi connectivity index (χ2n) is 6.58. The summed E-state index contributed by atoms with van der Waals surface area (Å²) in [5.74, 6) is -0.489. The van der Waals surface area contributed by atoms with Gasteiger partial charge in [-0.2, -0.15) is 0 Å². The largest absolute Gasteiger partial charge is 0.399 e. The fourth-order valence-corrected chi connectivity index (χ4v) is 3.26. The Hall–Kier alpha value is -3.09. The number of rotatable bonds is 5. The molecular formula is C20H23FN4O2. The van der Waals surface area contributed by atoms with E-state index in [9.17, 15) is 14.0 Å². The maximum atomic E-state index is 13.5. The quantitative estimate of drug-likeness (QED) is 0.707. The molecule has 4 N–H and O–H groups in total. The zero-order valence-electron chi connectivity index (χ0n) is 15.0. The minimum atomic E-state index is -0.415. The molecule has 0 spiro atoms. The minimum absolute atomic E-state index is 0.0978. The van der Waals surface area contributed by atoms with Gasteiger partial charge < -0.3 is 21.3 Å². The van der Waals surface area contributed by atoms with Gasteiger partial charge in [0.1, 0.15) is 5.82 Å². The van der Waals surface area contributed by atoms with Crippen LogP contribution in [0.5, 0.6) is 0 Å². The average molecular weight is 370 g/mol. The van der Waals surface area contributed by atoms with Gasteiger partial charge in [-0.25, -0.2) is 9.18 Å². The first-order valence-corrected chi connectivity index (χ1v) is 8.94. The van der Waals surface area contributed by atoms with Crippen molar-refractivity contribution >= 4 is 17.6 Å². The summed E-state index contributed by atoms with van der Waals surface area (Å²) in [7, 11) is 0. The molecule has 0 radical (unpaired) electrons. The fourth-order valence-electron chi connectivity index (χ4n) is 3.26. The molecule has 1 atom stereocenters. The number of nitrogens with two attached hydrogens (primary N) is 1. The molecule has 27 heavy (non-hydrogen) atoms. The predicted octanol–water partition coefficient (Wildman–Crippen LogP) is 2.57. The third-order valence-corrected chi connectivity index (χ3v) is 4.64. The Balaban J connectivity index is 1.49. The molecule has 3 amide bonds. The van der Waals surface area contributed by atoms with Crippen LogP contribution in [0.1, 0.15) is 30.0 Å². The highest BCUT2D eigenvalue weighted by Crippen LogP contribution is 2.32. The predicted molar refractivity (Wildman–Crippen MR) is 101 cm³/mol. The number of nitrogens with zero attached hydrogens (tertiary/aromatic N) is 1. The van der Waals surface area contributed by atoms with E-state index >= 15 is 0 Å². The molecule has 2 aromatic rings. The molecule has 7 heteroatoms. The summed E-state index contributed by atoms with van der Waals surface area (Å²) in [4.78, 5) is 26.1. The van der Waals surface area contributed by atoms with Gasteiger partial charge in [-0.1, -0.05) is 24.3 Å². The van der Waals surface area contributed by atoms with Gasteiger partial charge in [-0.05, 0) is 48.2 Å². The van der Waals surface area contributed by atoms with Gasteiger partial charge >= 0.3 is 6.03 Å². The number of hydrogen-bond donors (Lipinski definition) is 3. The smallest absolute Gasteiger partial charge is 0.315 e. The van der Waals surface area contributed by atoms with E-state index in [1.54, 1.807) is 23.1 Å². The fraction of sp³-hybridized carbons (Fsp3) is 0.300. The summed E-state index contributed by atoms with van der Waals surface area (Å²) in [6.45, 7) is 0.851. The first kappa shape index (κ1) is 18.7. The van der Waals surface area contributed by atoms with Crippen LogP contribution in [0.3, 0.4) is 0 Å². The van der Waals surface area contributed by atoms with Gasteiger partial charge in [0.25, 0.3) is 0 Å². The lowest BCUT2D eigenvalue weighted by Crippen LogP contribution is -2.43. The molecule has 0 bridgehead atoms. The van der Waals surface area contributed by atoms with Crippen LogP contribution >= 0.6 is 0 Å². The summed E-state index contributed by atoms with van der Waals surface area (Å²) < 4.78 is 13.5. The summed E-state index contributed by atoms with van der Waals surface area (Å²) in [6, 6.07) is 12.9. The highest BCUT2D eigenvalue weighted by atomic mass is 19.1. The van der Waals surface area contributed by atoms with Crippen molar-refractivity contribution in [1.82, 2.24) is 15.5 Å². The van der Waals surface area contributed by atoms with Crippen molar-refractivity contribution in [1.29, 1.82) is 0 Å². The van der Waals surface area contributed by atoms with Crippen LogP contribution in [0.2, 0.25) is 0 Å². The lowest BCUT2D eigenvalue weighted by atomic mass is 10.0. The molecule has 1 aliphatic rings. The summed E-state index contributed by atoms with van der Waals surface area (Å²) in [6.07, 6.45) is 1.65. The molecule has 1 aliphatic heterocycles. The first-order valence-electron chi connectivity index (χ1n) is 8.94. The number of hydrogen-bond acceptors (Lipinski definition) is 3. The van der Waals surface area contributed by atoms with E-state index in [4.69, 9.17) is 5.73 Å². The zero-order chi connectivity index (χ0) is 19.2. The SMILES string of the molecule is Nc1ccc(CNC(=O)NCC(=O)N2CCCC2c2cccc(F)c2)cc1. The molecule has 0 aromatic heterocycles. The molecule has 1 fully saturated rings. The monoisotopic (exact) mass is 370 g/mol. The third kappa shape index (κ3) is 4.97. The molecule has 1 saturated heterocycles. The maximum absolute atomic E-state index is 13.5. The maximum Gasteiger partial charge on any atom is 0.315 e. The number of likely N-dealkylation sites (tertiary alicyclic amines) is 1. The minimum Gasteiger partial charge on any atom is -0.399 e. The Kier molecular flexibility index (Phi) is 5.90. The van der Waals surface area contributed by atoms with Gasteiger partial charge in [0, 0.05) is 18.8 Å². The van der Waals surface area contributed by atoms with E-state index < -0.39 is 6.03 Å². The van der Waals surface area contributed by atoms with Crippen molar-refractivity contribution < 1.29 is 14.0 Å². The molecule has 2 aromatic carbocycles. The summed E-state index contributed by atoms with van der Waals surface area (Å²) in [5, 5.41) is 5.29. The second-order valence-corrected chi connectivity index (χ2v) is 6.58. The van der Waals surface area contributed by atoms with Crippen molar-refractivity contribution in [2.75, 3.05) is 18.8 Å². The number of amides is 3. The van der Waals surface area contributed by atoms with E-state index in [0.717, 1.165) is 24.0 Å². The standard InChI is InChI=1S/C20H23FN4O2/c21-16-4-1-3-15(11-16)18-5-2-10-25(18)19(26)13-24-20(27)23-12-14-6-8-17(22)9-7-14/h1,3-4,6-9,11,18H,2,5,10,12-13,22H2,(H2,23,24,27). The Morgan fingerprint density at radius 1 is 1.15 bits per heavy atom. The van der Waals surface area contributed by atoms with E-state index in [1.807, 2.05) is 18.2 Å². The Morgan fingerprint density at radius 2 is 1.93 bits per heavy atom. The number of nitrogens with one attached hydrogen (secondary N) is 2. The number of nitrogen functional groups attached to an aromatic ring is 1. The van der Waals surface area contributed by atoms with Crippen molar-refractivity contribution in [3.63, 3.8) is 0 Å². The number of halogens is 1. The van der Waals surface area contributed by atoms with E-state index in [0.29, 0.717) is 18.8 Å². The van der Waals surface area contributed by atoms with E-state index in [-0.39, 0.29) is 24.3 Å². The first-order chi connectivity index (χ1) is 13.0. The summed E-state index contributed by atoms with van der Waals surface area (Å²) >= 11 is 0. The molecule has 1 heterocycles. The number of carbonyl (C=O) groups is 2. The van der Waals surface area contributed by atoms with Gasteiger partial charge in [-0.15, -0.1) is 0 Å². The van der Waals surface area contributed by atoms with Gasteiger partial charge in [0.2, 0.25) is 5.91 Å². The topological polar surface area (TPSA) is 87.5 Å². The highest BCUT2D eigenvalue weighted by molar-refractivity contribution is 5.84. The molecule has 0 saturated carbocycles. The van der Waals surface area contributed by atoms with Gasteiger partial charge in [0.05, 0.1) is 12.6 Å². The Labute approximate surface area is 157 Å². The van der Waals surface area contributed by atoms with Crippen LogP contribution in [0.4, 0.5) is 14.9 Å². The Bertz CT molecular complexity index is 810. The highest BCUT2D eigenvalue weighted by Gasteiger charge is 2.30. The number of urea groups is 1. The number of carbonyl (C=O) groups excluding carboxylic acids is 2. The molecule has 142 valence electrons. The molecule has 1 unspecified atom stereocenters. The van der Waals surface area contributed by atoms with E-state index in [2.05, 4.69) is 10.6 Å². The number of anilines is 1. The van der Waals surface area contributed by atoms with E-state index in [1.165, 1.54) is 12.1 Å². The lowest BCUT2D eigenvalue weighted by Gasteiger charge is -2.25. The number of benzene rings is 2. The van der Waals surface area contributed by atoms with Crippen LogP contribution in [0.15, 0.2) is 48.5 Å². The average Bonchev–Trinajstić information content (AvgIpc) is 3.15. The molecule has 0 aliphatic carbocycles. The molecular weight excluding hydrogens is 347 g/mol. The second kappa shape index (κ2) is 8.53. The molecule has 6 nitrogen and oxygen atoms in total. The van der Waals surface area contributed by atoms with Crippen LogP contribution in [0, 0.1) is 5.82 Å².